The first-order valence-electron chi connectivity index (χ1n) is 5.70. The Morgan fingerprint density at radius 3 is 2.50 bits per heavy atom. The highest BCUT2D eigenvalue weighted by molar-refractivity contribution is 5.97. The molecule has 8 heteroatoms. The lowest BCUT2D eigenvalue weighted by atomic mass is 10.2. The minimum absolute atomic E-state index is 0.0209. The second kappa shape index (κ2) is 5.49. The summed E-state index contributed by atoms with van der Waals surface area (Å²) in [5, 5.41) is 10.9. The molecule has 0 fully saturated rings. The van der Waals surface area contributed by atoms with Gasteiger partial charge in [-0.2, -0.15) is 13.2 Å². The third kappa shape index (κ3) is 3.47. The molecule has 0 aliphatic carbocycles. The summed E-state index contributed by atoms with van der Waals surface area (Å²) in [7, 11) is 0. The highest BCUT2D eigenvalue weighted by Crippen LogP contribution is 2.19. The molecule has 1 atom stereocenters. The van der Waals surface area contributed by atoms with Crippen LogP contribution in [0.2, 0.25) is 0 Å². The predicted molar refractivity (Wildman–Crippen MR) is 64.5 cm³/mol. The molecule has 2 rings (SSSR count). The number of hydrogen-bond donors (Lipinski definition) is 2. The van der Waals surface area contributed by atoms with E-state index in [-0.39, 0.29) is 18.8 Å². The van der Waals surface area contributed by atoms with Gasteiger partial charge in [-0.15, -0.1) is 0 Å². The van der Waals surface area contributed by atoms with Crippen LogP contribution in [0.5, 0.6) is 0 Å². The fraction of sp³-hybridized carbons (Fsp3) is 0.333. The smallest absolute Gasteiger partial charge is 0.471 e. The number of aliphatic imine (C=N–C) groups is 1. The maximum atomic E-state index is 12.1. The van der Waals surface area contributed by atoms with Gasteiger partial charge in [0, 0.05) is 11.3 Å². The van der Waals surface area contributed by atoms with E-state index < -0.39 is 18.2 Å². The fourth-order valence-corrected chi connectivity index (χ4v) is 1.53. The van der Waals surface area contributed by atoms with Crippen molar-refractivity contribution in [3.8, 4) is 0 Å². The van der Waals surface area contributed by atoms with Crippen molar-refractivity contribution >= 4 is 17.5 Å². The molecule has 0 saturated heterocycles. The molecule has 1 aliphatic heterocycles. The molecule has 0 bridgehead atoms. The van der Waals surface area contributed by atoms with Gasteiger partial charge in [0.2, 0.25) is 5.90 Å². The van der Waals surface area contributed by atoms with Crippen molar-refractivity contribution in [2.24, 2.45) is 4.99 Å². The Morgan fingerprint density at radius 1 is 1.35 bits per heavy atom. The lowest BCUT2D eigenvalue weighted by molar-refractivity contribution is -0.167. The molecule has 0 radical (unpaired) electrons. The topological polar surface area (TPSA) is 70.9 Å². The van der Waals surface area contributed by atoms with E-state index in [1.165, 1.54) is 24.3 Å². The van der Waals surface area contributed by atoms with E-state index >= 15 is 0 Å². The molecule has 0 aromatic heterocycles. The number of carbonyl (C=O) groups is 1. The maximum Gasteiger partial charge on any atom is 0.471 e. The second-order valence-electron chi connectivity index (χ2n) is 4.14. The van der Waals surface area contributed by atoms with Crippen molar-refractivity contribution in [2.75, 3.05) is 18.5 Å². The Labute approximate surface area is 112 Å². The van der Waals surface area contributed by atoms with Crippen LogP contribution >= 0.6 is 0 Å². The molecule has 0 spiro atoms. The number of halogens is 3. The third-order valence-electron chi connectivity index (χ3n) is 2.51. The van der Waals surface area contributed by atoms with E-state index in [9.17, 15) is 23.1 Å². The van der Waals surface area contributed by atoms with Gasteiger partial charge in [-0.3, -0.25) is 4.79 Å². The maximum absolute atomic E-state index is 12.1. The average Bonchev–Trinajstić information content (AvgIpc) is 2.39. The van der Waals surface area contributed by atoms with Gasteiger partial charge in [0.15, 0.2) is 0 Å². The van der Waals surface area contributed by atoms with Crippen LogP contribution in [0.1, 0.15) is 5.56 Å². The van der Waals surface area contributed by atoms with Crippen LogP contribution in [0, 0.1) is 0 Å². The largest absolute Gasteiger partial charge is 0.475 e. The zero-order valence-corrected chi connectivity index (χ0v) is 10.1. The van der Waals surface area contributed by atoms with Crippen LogP contribution in [-0.2, 0) is 9.53 Å². The number of nitrogens with one attached hydrogen (secondary N) is 1. The van der Waals surface area contributed by atoms with E-state index in [1.807, 2.05) is 0 Å². The molecule has 1 amide bonds. The van der Waals surface area contributed by atoms with Gasteiger partial charge in [0.1, 0.15) is 12.7 Å². The van der Waals surface area contributed by atoms with E-state index in [2.05, 4.69) is 4.99 Å². The van der Waals surface area contributed by atoms with Crippen LogP contribution in [0.15, 0.2) is 29.3 Å². The molecule has 0 unspecified atom stereocenters. The fourth-order valence-electron chi connectivity index (χ4n) is 1.53. The van der Waals surface area contributed by atoms with Gasteiger partial charge in [-0.1, -0.05) is 0 Å². The summed E-state index contributed by atoms with van der Waals surface area (Å²) in [6, 6.07) is 5.58. The van der Waals surface area contributed by atoms with Gasteiger partial charge in [-0.25, -0.2) is 4.99 Å². The number of aliphatic hydroxyl groups excluding tert-OH is 1. The number of benzene rings is 1. The number of carbonyl (C=O) groups excluding carboxylic acids is 1. The third-order valence-corrected chi connectivity index (χ3v) is 2.51. The second-order valence-corrected chi connectivity index (χ2v) is 4.14. The molecular weight excluding hydrogens is 277 g/mol. The van der Waals surface area contributed by atoms with Gasteiger partial charge in [0.05, 0.1) is 6.54 Å². The summed E-state index contributed by atoms with van der Waals surface area (Å²) >= 11 is 0. The van der Waals surface area contributed by atoms with Crippen LogP contribution < -0.4 is 5.32 Å². The zero-order valence-electron chi connectivity index (χ0n) is 10.1. The van der Waals surface area contributed by atoms with Crippen LogP contribution in [0.3, 0.4) is 0 Å². The van der Waals surface area contributed by atoms with Crippen molar-refractivity contribution in [1.29, 1.82) is 0 Å². The van der Waals surface area contributed by atoms with Crippen LogP contribution in [-0.4, -0.2) is 42.3 Å². The molecule has 5 nitrogen and oxygen atoms in total. The molecule has 1 aromatic carbocycles. The Balaban J connectivity index is 2.05. The first-order chi connectivity index (χ1) is 9.36. The summed E-state index contributed by atoms with van der Waals surface area (Å²) in [6.45, 7) is 0.327. The van der Waals surface area contributed by atoms with E-state index in [4.69, 9.17) is 4.74 Å². The van der Waals surface area contributed by atoms with E-state index in [0.717, 1.165) is 0 Å². The number of amides is 1. The number of ether oxygens (including phenoxy) is 1. The molecular formula is C12H11F3N2O3. The molecule has 1 heterocycles. The van der Waals surface area contributed by atoms with E-state index in [0.29, 0.717) is 11.5 Å². The molecule has 1 aromatic rings. The first-order valence-corrected chi connectivity index (χ1v) is 5.70. The van der Waals surface area contributed by atoms with Crippen molar-refractivity contribution in [3.05, 3.63) is 29.8 Å². The predicted octanol–water partition coefficient (Wildman–Crippen LogP) is 1.33. The Kier molecular flexibility index (Phi) is 3.93. The number of rotatable bonds is 2. The summed E-state index contributed by atoms with van der Waals surface area (Å²) in [5.74, 6) is -1.72. The molecule has 2 N–H and O–H groups in total. The van der Waals surface area contributed by atoms with E-state index in [1.54, 1.807) is 5.32 Å². The average molecular weight is 288 g/mol. The summed E-state index contributed by atoms with van der Waals surface area (Å²) in [4.78, 5) is 14.7. The standard InChI is InChI=1S/C12H11F3N2O3/c13-12(14,15)11(19)17-8-3-1-7(2-4-8)10-16-5-9(18)6-20-10/h1-4,9,18H,5-6H2,(H,17,19)/t9-/m1/s1. The minimum Gasteiger partial charge on any atom is -0.475 e. The highest BCUT2D eigenvalue weighted by Gasteiger charge is 2.38. The quantitative estimate of drug-likeness (QED) is 0.862. The number of hydrogen-bond acceptors (Lipinski definition) is 4. The Bertz CT molecular complexity index is 526. The molecule has 108 valence electrons. The number of alkyl halides is 3. The van der Waals surface area contributed by atoms with Crippen molar-refractivity contribution < 1.29 is 27.8 Å². The summed E-state index contributed by atoms with van der Waals surface area (Å²) in [6.07, 6.45) is -5.57. The van der Waals surface area contributed by atoms with Crippen molar-refractivity contribution in [3.63, 3.8) is 0 Å². The minimum atomic E-state index is -4.93. The van der Waals surface area contributed by atoms with Gasteiger partial charge in [-0.05, 0) is 24.3 Å². The molecule has 0 saturated carbocycles. The summed E-state index contributed by atoms with van der Waals surface area (Å²) in [5.41, 5.74) is 0.578. The number of aliphatic hydroxyl groups is 1. The van der Waals surface area contributed by atoms with Gasteiger partial charge >= 0.3 is 12.1 Å². The normalized spacial score (nSPS) is 19.0. The monoisotopic (exact) mass is 288 g/mol. The lowest BCUT2D eigenvalue weighted by Crippen LogP contribution is -2.30. The zero-order chi connectivity index (χ0) is 14.8. The highest BCUT2D eigenvalue weighted by atomic mass is 19.4. The Morgan fingerprint density at radius 2 is 2.00 bits per heavy atom. The molecule has 20 heavy (non-hydrogen) atoms. The lowest BCUT2D eigenvalue weighted by Gasteiger charge is -2.18. The van der Waals surface area contributed by atoms with Gasteiger partial charge < -0.3 is 15.2 Å². The van der Waals surface area contributed by atoms with Crippen molar-refractivity contribution in [1.82, 2.24) is 0 Å². The molecule has 1 aliphatic rings. The first kappa shape index (κ1) is 14.3. The SMILES string of the molecule is O=C(Nc1ccc(C2=NC[C@@H](O)CO2)cc1)C(F)(F)F. The summed E-state index contributed by atoms with van der Waals surface area (Å²) < 4.78 is 41.4. The number of anilines is 1. The van der Waals surface area contributed by atoms with Crippen LogP contribution in [0.4, 0.5) is 18.9 Å². The van der Waals surface area contributed by atoms with Crippen molar-refractivity contribution in [2.45, 2.75) is 12.3 Å². The Hall–Kier alpha value is -2.09. The van der Waals surface area contributed by atoms with Gasteiger partial charge in [0.25, 0.3) is 0 Å². The number of nitrogens with zero attached hydrogens (tertiary/aromatic N) is 1. The van der Waals surface area contributed by atoms with Crippen LogP contribution in [0.25, 0.3) is 0 Å².